The fourth-order valence-electron chi connectivity index (χ4n) is 1.17. The van der Waals surface area contributed by atoms with E-state index in [1.165, 1.54) is 11.3 Å². The minimum atomic E-state index is 0.0833. The first-order chi connectivity index (χ1) is 6.66. The number of aryl methyl sites for hydroxylation is 2. The van der Waals surface area contributed by atoms with E-state index in [1.807, 2.05) is 25.3 Å². The molecule has 0 unspecified atom stereocenters. The molecule has 0 saturated carbocycles. The van der Waals surface area contributed by atoms with Crippen LogP contribution >= 0.6 is 22.7 Å². The van der Waals surface area contributed by atoms with E-state index < -0.39 is 0 Å². The monoisotopic (exact) mass is 223 g/mol. The summed E-state index contributed by atoms with van der Waals surface area (Å²) in [5.41, 5.74) is 0.774. The second-order valence-electron chi connectivity index (χ2n) is 3.02. The van der Waals surface area contributed by atoms with Gasteiger partial charge in [-0.2, -0.15) is 0 Å². The molecule has 0 atom stereocenters. The summed E-state index contributed by atoms with van der Waals surface area (Å²) in [6.45, 7) is 3.90. The van der Waals surface area contributed by atoms with Gasteiger partial charge in [-0.05, 0) is 19.9 Å². The summed E-state index contributed by atoms with van der Waals surface area (Å²) in [6.07, 6.45) is 1.65. The molecule has 0 saturated heterocycles. The van der Waals surface area contributed by atoms with E-state index in [-0.39, 0.29) is 5.78 Å². The lowest BCUT2D eigenvalue weighted by Gasteiger charge is -1.90. The third kappa shape index (κ3) is 1.76. The van der Waals surface area contributed by atoms with Gasteiger partial charge in [-0.1, -0.05) is 0 Å². The van der Waals surface area contributed by atoms with Gasteiger partial charge in [-0.3, -0.25) is 4.79 Å². The summed E-state index contributed by atoms with van der Waals surface area (Å²) in [5, 5.41) is 2.83. The Balaban J connectivity index is 2.33. The van der Waals surface area contributed by atoms with Crippen LogP contribution in [0, 0.1) is 13.8 Å². The number of thiazole rings is 1. The predicted octanol–water partition coefficient (Wildman–Crippen LogP) is 3.05. The fraction of sp³-hybridized carbons (Fsp3) is 0.200. The molecule has 0 spiro atoms. The van der Waals surface area contributed by atoms with Gasteiger partial charge in [-0.25, -0.2) is 4.98 Å². The number of hydrogen-bond donors (Lipinski definition) is 0. The molecule has 2 aromatic heterocycles. The van der Waals surface area contributed by atoms with Gasteiger partial charge in [0, 0.05) is 22.0 Å². The van der Waals surface area contributed by atoms with Crippen LogP contribution in [0.1, 0.15) is 25.1 Å². The van der Waals surface area contributed by atoms with E-state index >= 15 is 0 Å². The molecule has 0 aliphatic carbocycles. The zero-order chi connectivity index (χ0) is 10.1. The first-order valence-electron chi connectivity index (χ1n) is 4.19. The minimum absolute atomic E-state index is 0.0833. The Morgan fingerprint density at radius 1 is 1.43 bits per heavy atom. The molecule has 0 aliphatic heterocycles. The molecule has 4 heteroatoms. The van der Waals surface area contributed by atoms with Crippen molar-refractivity contribution < 1.29 is 4.79 Å². The number of aromatic nitrogens is 1. The first-order valence-corrected chi connectivity index (χ1v) is 5.88. The second-order valence-corrected chi connectivity index (χ2v) is 5.37. The highest BCUT2D eigenvalue weighted by molar-refractivity contribution is 7.14. The van der Waals surface area contributed by atoms with Gasteiger partial charge in [0.2, 0.25) is 5.78 Å². The molecule has 0 bridgehead atoms. The first kappa shape index (κ1) is 9.55. The van der Waals surface area contributed by atoms with E-state index in [0.717, 1.165) is 20.3 Å². The predicted molar refractivity (Wildman–Crippen MR) is 59.3 cm³/mol. The van der Waals surface area contributed by atoms with Crippen molar-refractivity contribution in [3.8, 4) is 0 Å². The minimum Gasteiger partial charge on any atom is -0.288 e. The van der Waals surface area contributed by atoms with Crippen LogP contribution in [0.4, 0.5) is 0 Å². The molecular formula is C10H9NOS2. The standard InChI is InChI=1S/C10H9NOS2/c1-6-3-8(5-13-6)10(12)9-4-11-7(2)14-9/h3-5H,1-2H3. The smallest absolute Gasteiger partial charge is 0.205 e. The summed E-state index contributed by atoms with van der Waals surface area (Å²) in [5.74, 6) is 0.0833. The maximum Gasteiger partial charge on any atom is 0.205 e. The third-order valence-corrected chi connectivity index (χ3v) is 3.61. The zero-order valence-corrected chi connectivity index (χ0v) is 9.54. The average Bonchev–Trinajstić information content (AvgIpc) is 2.73. The number of nitrogens with zero attached hydrogens (tertiary/aromatic N) is 1. The quantitative estimate of drug-likeness (QED) is 0.732. The van der Waals surface area contributed by atoms with Crippen LogP contribution in [0.2, 0.25) is 0 Å². The van der Waals surface area contributed by atoms with Crippen LogP contribution in [-0.2, 0) is 0 Å². The molecule has 0 N–H and O–H groups in total. The van der Waals surface area contributed by atoms with Gasteiger partial charge in [-0.15, -0.1) is 22.7 Å². The van der Waals surface area contributed by atoms with Crippen molar-refractivity contribution in [1.29, 1.82) is 0 Å². The summed E-state index contributed by atoms with van der Waals surface area (Å²) >= 11 is 3.04. The SMILES string of the molecule is Cc1cc(C(=O)c2cnc(C)s2)cs1. The third-order valence-electron chi connectivity index (χ3n) is 1.84. The number of ketones is 1. The molecule has 72 valence electrons. The number of hydrogen-bond acceptors (Lipinski definition) is 4. The Morgan fingerprint density at radius 2 is 2.21 bits per heavy atom. The van der Waals surface area contributed by atoms with Crippen LogP contribution in [-0.4, -0.2) is 10.8 Å². The Kier molecular flexibility index (Phi) is 2.48. The molecule has 2 aromatic rings. The normalized spacial score (nSPS) is 10.4. The number of carbonyl (C=O) groups is 1. The molecule has 2 heterocycles. The van der Waals surface area contributed by atoms with E-state index in [9.17, 15) is 4.79 Å². The summed E-state index contributed by atoms with van der Waals surface area (Å²) in [6, 6.07) is 1.92. The van der Waals surface area contributed by atoms with Crippen LogP contribution < -0.4 is 0 Å². The largest absolute Gasteiger partial charge is 0.288 e. The van der Waals surface area contributed by atoms with Gasteiger partial charge in [0.1, 0.15) is 0 Å². The summed E-state index contributed by atoms with van der Waals surface area (Å²) in [7, 11) is 0. The molecule has 0 aromatic carbocycles. The second kappa shape index (κ2) is 3.63. The average molecular weight is 223 g/mol. The molecule has 14 heavy (non-hydrogen) atoms. The van der Waals surface area contributed by atoms with Crippen molar-refractivity contribution >= 4 is 28.5 Å². The van der Waals surface area contributed by atoms with Gasteiger partial charge < -0.3 is 0 Å². The lowest BCUT2D eigenvalue weighted by atomic mass is 10.2. The van der Waals surface area contributed by atoms with Crippen LogP contribution in [0.25, 0.3) is 0 Å². The van der Waals surface area contributed by atoms with E-state index in [4.69, 9.17) is 0 Å². The Morgan fingerprint density at radius 3 is 2.71 bits per heavy atom. The molecule has 0 aliphatic rings. The van der Waals surface area contributed by atoms with E-state index in [1.54, 1.807) is 17.5 Å². The van der Waals surface area contributed by atoms with Gasteiger partial charge in [0.25, 0.3) is 0 Å². The topological polar surface area (TPSA) is 30.0 Å². The molecule has 0 radical (unpaired) electrons. The van der Waals surface area contributed by atoms with Crippen LogP contribution in [0.15, 0.2) is 17.6 Å². The van der Waals surface area contributed by atoms with Crippen molar-refractivity contribution in [2.24, 2.45) is 0 Å². The highest BCUT2D eigenvalue weighted by atomic mass is 32.1. The van der Waals surface area contributed by atoms with Gasteiger partial charge >= 0.3 is 0 Å². The van der Waals surface area contributed by atoms with Crippen molar-refractivity contribution in [2.75, 3.05) is 0 Å². The molecular weight excluding hydrogens is 214 g/mol. The van der Waals surface area contributed by atoms with Crippen molar-refractivity contribution in [2.45, 2.75) is 13.8 Å². The number of thiophene rings is 1. The summed E-state index contributed by atoms with van der Waals surface area (Å²) < 4.78 is 0. The number of rotatable bonds is 2. The Bertz CT molecular complexity index is 428. The number of carbonyl (C=O) groups excluding carboxylic acids is 1. The molecule has 2 rings (SSSR count). The zero-order valence-electron chi connectivity index (χ0n) is 7.90. The van der Waals surface area contributed by atoms with E-state index in [0.29, 0.717) is 0 Å². The Labute approximate surface area is 90.2 Å². The lowest BCUT2D eigenvalue weighted by molar-refractivity contribution is 0.104. The highest BCUT2D eigenvalue weighted by Gasteiger charge is 2.12. The molecule has 0 amide bonds. The fourth-order valence-corrected chi connectivity index (χ4v) is 2.59. The maximum atomic E-state index is 11.9. The van der Waals surface area contributed by atoms with E-state index in [2.05, 4.69) is 4.98 Å². The van der Waals surface area contributed by atoms with Gasteiger partial charge in [0.15, 0.2) is 0 Å². The lowest BCUT2D eigenvalue weighted by Crippen LogP contribution is -1.95. The summed E-state index contributed by atoms with van der Waals surface area (Å²) in [4.78, 5) is 17.8. The molecule has 2 nitrogen and oxygen atoms in total. The highest BCUT2D eigenvalue weighted by Crippen LogP contribution is 2.20. The molecule has 0 fully saturated rings. The van der Waals surface area contributed by atoms with Crippen LogP contribution in [0.5, 0.6) is 0 Å². The van der Waals surface area contributed by atoms with Crippen molar-refractivity contribution in [1.82, 2.24) is 4.98 Å². The van der Waals surface area contributed by atoms with Gasteiger partial charge in [0.05, 0.1) is 9.88 Å². The van der Waals surface area contributed by atoms with Crippen molar-refractivity contribution in [3.63, 3.8) is 0 Å². The Hall–Kier alpha value is -1.00. The van der Waals surface area contributed by atoms with Crippen molar-refractivity contribution in [3.05, 3.63) is 38.0 Å². The maximum absolute atomic E-state index is 11.9. The van der Waals surface area contributed by atoms with Crippen LogP contribution in [0.3, 0.4) is 0 Å².